The van der Waals surface area contributed by atoms with Gasteiger partial charge in [0.2, 0.25) is 0 Å². The molecule has 6 heteroatoms. The van der Waals surface area contributed by atoms with Crippen LogP contribution in [0.5, 0.6) is 0 Å². The van der Waals surface area contributed by atoms with Gasteiger partial charge in [-0.2, -0.15) is 13.2 Å². The van der Waals surface area contributed by atoms with Crippen LogP contribution >= 0.6 is 22.9 Å². The molecule has 1 rings (SSSR count). The largest absolute Gasteiger partial charge is 0.434 e. The van der Waals surface area contributed by atoms with E-state index < -0.39 is 11.9 Å². The summed E-state index contributed by atoms with van der Waals surface area (Å²) >= 11 is 5.96. The van der Waals surface area contributed by atoms with Gasteiger partial charge in [-0.1, -0.05) is 11.6 Å². The number of nitrogens with zero attached hydrogens (tertiary/aromatic N) is 1. The highest BCUT2D eigenvalue weighted by molar-refractivity contribution is 7.16. The zero-order valence-corrected chi connectivity index (χ0v) is 6.65. The summed E-state index contributed by atoms with van der Waals surface area (Å²) in [5, 5.41) is 0. The average Bonchev–Trinajstić information content (AvgIpc) is 2.08. The van der Waals surface area contributed by atoms with E-state index in [2.05, 4.69) is 11.9 Å². The quantitative estimate of drug-likeness (QED) is 0.628. The molecule has 0 spiro atoms. The summed E-state index contributed by atoms with van der Waals surface area (Å²) in [6, 6.07) is 0. The minimum atomic E-state index is -4.44. The fourth-order valence-electron chi connectivity index (χ4n) is 0.545. The van der Waals surface area contributed by atoms with E-state index >= 15 is 0 Å². The number of aromatic nitrogens is 1. The number of thiazole rings is 1. The molecule has 0 atom stereocenters. The Hall–Kier alpha value is -0.290. The second-order valence-electron chi connectivity index (χ2n) is 1.74. The molecule has 11 heavy (non-hydrogen) atoms. The molecule has 0 aliphatic rings. The van der Waals surface area contributed by atoms with Crippen LogP contribution in [0.4, 0.5) is 13.2 Å². The van der Waals surface area contributed by atoms with Gasteiger partial charge in [-0.3, -0.25) is 0 Å². The summed E-state index contributed by atoms with van der Waals surface area (Å²) < 4.78 is 35.6. The Morgan fingerprint density at radius 2 is 2.00 bits per heavy atom. The lowest BCUT2D eigenvalue weighted by Gasteiger charge is -2.01. The van der Waals surface area contributed by atoms with Crippen LogP contribution in [0.15, 0.2) is 0 Å². The molecule has 61 valence electrons. The van der Waals surface area contributed by atoms with Crippen molar-refractivity contribution in [3.63, 3.8) is 0 Å². The third-order valence-electron chi connectivity index (χ3n) is 0.940. The van der Waals surface area contributed by atoms with Crippen molar-refractivity contribution >= 4 is 22.9 Å². The highest BCUT2D eigenvalue weighted by Gasteiger charge is 2.35. The number of hydrogen-bond donors (Lipinski definition) is 0. The van der Waals surface area contributed by atoms with E-state index in [1.165, 1.54) is 0 Å². The average molecular weight is 201 g/mol. The van der Waals surface area contributed by atoms with Crippen molar-refractivity contribution in [2.45, 2.75) is 6.18 Å². The molecular formula is C5H2ClF3NS. The van der Waals surface area contributed by atoms with Crippen LogP contribution in [0.1, 0.15) is 10.6 Å². The number of halogens is 4. The molecule has 1 aromatic rings. The van der Waals surface area contributed by atoms with Gasteiger partial charge < -0.3 is 0 Å². The Morgan fingerprint density at radius 1 is 1.45 bits per heavy atom. The summed E-state index contributed by atoms with van der Waals surface area (Å²) in [7, 11) is 0. The standard InChI is InChI=1S/C5H2ClF3NS/c1-2-3(5(7,8)9)10-4(6)11-2/h1H2. The maximum Gasteiger partial charge on any atom is 0.434 e. The summed E-state index contributed by atoms with van der Waals surface area (Å²) in [6.45, 7) is 3.16. The van der Waals surface area contributed by atoms with Gasteiger partial charge in [0.05, 0.1) is 0 Å². The minimum Gasteiger partial charge on any atom is -0.220 e. The van der Waals surface area contributed by atoms with Gasteiger partial charge in [0, 0.05) is 4.88 Å². The van der Waals surface area contributed by atoms with Crippen molar-refractivity contribution in [2.24, 2.45) is 0 Å². The van der Waals surface area contributed by atoms with E-state index in [0.717, 1.165) is 11.3 Å². The molecular weight excluding hydrogens is 199 g/mol. The monoisotopic (exact) mass is 200 g/mol. The van der Waals surface area contributed by atoms with E-state index in [1.54, 1.807) is 0 Å². The molecule has 1 heterocycles. The van der Waals surface area contributed by atoms with Gasteiger partial charge in [-0.05, 0) is 6.92 Å². The van der Waals surface area contributed by atoms with E-state index in [9.17, 15) is 13.2 Å². The highest BCUT2D eigenvalue weighted by atomic mass is 35.5. The predicted molar refractivity (Wildman–Crippen MR) is 36.6 cm³/mol. The van der Waals surface area contributed by atoms with Gasteiger partial charge in [-0.15, -0.1) is 11.3 Å². The van der Waals surface area contributed by atoms with Gasteiger partial charge in [0.15, 0.2) is 10.2 Å². The molecule has 0 aliphatic carbocycles. The lowest BCUT2D eigenvalue weighted by molar-refractivity contribution is -0.140. The van der Waals surface area contributed by atoms with Crippen LogP contribution in [0.25, 0.3) is 0 Å². The molecule has 1 radical (unpaired) electrons. The fourth-order valence-corrected chi connectivity index (χ4v) is 1.51. The first kappa shape index (κ1) is 8.80. The second-order valence-corrected chi connectivity index (χ2v) is 3.40. The second kappa shape index (κ2) is 2.64. The number of rotatable bonds is 0. The van der Waals surface area contributed by atoms with Gasteiger partial charge >= 0.3 is 6.18 Å². The first-order valence-electron chi connectivity index (χ1n) is 2.46. The van der Waals surface area contributed by atoms with Gasteiger partial charge in [-0.25, -0.2) is 4.98 Å². The van der Waals surface area contributed by atoms with Crippen molar-refractivity contribution in [2.75, 3.05) is 0 Å². The zero-order chi connectivity index (χ0) is 8.65. The molecule has 0 bridgehead atoms. The Kier molecular flexibility index (Phi) is 2.11. The summed E-state index contributed by atoms with van der Waals surface area (Å²) in [5.41, 5.74) is -0.993. The number of alkyl halides is 3. The van der Waals surface area contributed by atoms with Crippen molar-refractivity contribution in [1.82, 2.24) is 4.98 Å². The van der Waals surface area contributed by atoms with Crippen LogP contribution < -0.4 is 0 Å². The van der Waals surface area contributed by atoms with Crippen molar-refractivity contribution in [3.8, 4) is 0 Å². The summed E-state index contributed by atoms with van der Waals surface area (Å²) in [4.78, 5) is 2.93. The van der Waals surface area contributed by atoms with Crippen molar-refractivity contribution in [1.29, 1.82) is 0 Å². The Balaban J connectivity index is 3.13. The van der Waals surface area contributed by atoms with Crippen LogP contribution in [-0.2, 0) is 6.18 Å². The molecule has 0 amide bonds. The molecule has 0 fully saturated rings. The van der Waals surface area contributed by atoms with Crippen molar-refractivity contribution in [3.05, 3.63) is 22.0 Å². The topological polar surface area (TPSA) is 12.9 Å². The first-order valence-corrected chi connectivity index (χ1v) is 3.66. The van der Waals surface area contributed by atoms with Crippen LogP contribution in [0.3, 0.4) is 0 Å². The van der Waals surface area contributed by atoms with E-state index in [-0.39, 0.29) is 9.34 Å². The number of hydrogen-bond acceptors (Lipinski definition) is 2. The van der Waals surface area contributed by atoms with E-state index in [1.807, 2.05) is 0 Å². The lowest BCUT2D eigenvalue weighted by atomic mass is 10.4. The third kappa shape index (κ3) is 1.84. The smallest absolute Gasteiger partial charge is 0.220 e. The molecule has 1 nitrogen and oxygen atoms in total. The van der Waals surface area contributed by atoms with Crippen molar-refractivity contribution < 1.29 is 13.2 Å². The van der Waals surface area contributed by atoms with Gasteiger partial charge in [0.1, 0.15) is 0 Å². The first-order chi connectivity index (χ1) is 4.91. The van der Waals surface area contributed by atoms with E-state index in [0.29, 0.717) is 0 Å². The predicted octanol–water partition coefficient (Wildman–Crippen LogP) is 3.00. The molecule has 0 saturated carbocycles. The van der Waals surface area contributed by atoms with Gasteiger partial charge in [0.25, 0.3) is 0 Å². The van der Waals surface area contributed by atoms with Crippen LogP contribution in [-0.4, -0.2) is 4.98 Å². The summed E-state index contributed by atoms with van der Waals surface area (Å²) in [6.07, 6.45) is -4.44. The third-order valence-corrected chi connectivity index (χ3v) is 1.96. The Morgan fingerprint density at radius 3 is 2.18 bits per heavy atom. The fraction of sp³-hybridized carbons (Fsp3) is 0.200. The summed E-state index contributed by atoms with van der Waals surface area (Å²) in [5.74, 6) is 0. The minimum absolute atomic E-state index is 0.137. The molecule has 0 aliphatic heterocycles. The lowest BCUT2D eigenvalue weighted by Crippen LogP contribution is -2.06. The maximum atomic E-state index is 11.9. The molecule has 0 saturated heterocycles. The molecule has 0 aromatic carbocycles. The normalized spacial score (nSPS) is 12.1. The molecule has 1 aromatic heterocycles. The Bertz CT molecular complexity index is 267. The maximum absolute atomic E-state index is 11.9. The SMILES string of the molecule is [CH2]c1sc(Cl)nc1C(F)(F)F. The molecule has 0 N–H and O–H groups in total. The van der Waals surface area contributed by atoms with E-state index in [4.69, 9.17) is 11.6 Å². The van der Waals surface area contributed by atoms with Crippen LogP contribution in [0.2, 0.25) is 4.47 Å². The highest BCUT2D eigenvalue weighted by Crippen LogP contribution is 2.34. The zero-order valence-electron chi connectivity index (χ0n) is 5.07. The Labute approximate surface area is 69.8 Å². The molecule has 0 unspecified atom stereocenters. The van der Waals surface area contributed by atoms with Crippen LogP contribution in [0, 0.1) is 6.92 Å².